The van der Waals surface area contributed by atoms with Crippen LogP contribution in [-0.4, -0.2) is 24.7 Å². The molecule has 0 radical (unpaired) electrons. The van der Waals surface area contributed by atoms with Crippen LogP contribution in [-0.2, 0) is 11.3 Å². The molecule has 0 spiro atoms. The highest BCUT2D eigenvalue weighted by molar-refractivity contribution is 5.92. The topological polar surface area (TPSA) is 90.4 Å². The molecule has 106 valence electrons. The average Bonchev–Trinajstić information content (AvgIpc) is 2.94. The highest BCUT2D eigenvalue weighted by atomic mass is 16.5. The summed E-state index contributed by atoms with van der Waals surface area (Å²) >= 11 is 0. The molecule has 1 aromatic heterocycles. The van der Waals surface area contributed by atoms with Gasteiger partial charge in [0.2, 0.25) is 0 Å². The maximum absolute atomic E-state index is 11.9. The second-order valence-corrected chi connectivity index (χ2v) is 4.34. The molecule has 0 aliphatic carbocycles. The second kappa shape index (κ2) is 6.83. The number of aromatic nitrogens is 1. The van der Waals surface area contributed by atoms with Crippen LogP contribution >= 0.6 is 0 Å². The summed E-state index contributed by atoms with van der Waals surface area (Å²) in [6.07, 6.45) is 0. The molecule has 0 bridgehead atoms. The van der Waals surface area contributed by atoms with Crippen molar-refractivity contribution in [2.75, 3.05) is 13.7 Å². The van der Waals surface area contributed by atoms with E-state index in [1.807, 2.05) is 30.3 Å². The molecule has 2 aromatic rings. The summed E-state index contributed by atoms with van der Waals surface area (Å²) in [5.74, 6) is 0.187. The highest BCUT2D eigenvalue weighted by Gasteiger charge is 2.14. The average molecular weight is 275 g/mol. The largest absolute Gasteiger partial charge is 0.377 e. The molecule has 1 atom stereocenters. The zero-order chi connectivity index (χ0) is 14.4. The minimum absolute atomic E-state index is 0.220. The van der Waals surface area contributed by atoms with Gasteiger partial charge in [-0.15, -0.1) is 0 Å². The van der Waals surface area contributed by atoms with Gasteiger partial charge in [0.1, 0.15) is 6.61 Å². The first kappa shape index (κ1) is 14.2. The Morgan fingerprint density at radius 1 is 1.45 bits per heavy atom. The summed E-state index contributed by atoms with van der Waals surface area (Å²) in [5, 5.41) is 6.40. The van der Waals surface area contributed by atoms with Crippen LogP contribution in [0.25, 0.3) is 0 Å². The fourth-order valence-electron chi connectivity index (χ4n) is 1.74. The summed E-state index contributed by atoms with van der Waals surface area (Å²) in [6, 6.07) is 10.9. The quantitative estimate of drug-likeness (QED) is 0.828. The van der Waals surface area contributed by atoms with Gasteiger partial charge in [-0.2, -0.15) is 0 Å². The lowest BCUT2D eigenvalue weighted by atomic mass is 10.1. The Morgan fingerprint density at radius 3 is 2.90 bits per heavy atom. The Labute approximate surface area is 116 Å². The maximum Gasteiger partial charge on any atom is 0.273 e. The third-order valence-corrected chi connectivity index (χ3v) is 2.79. The van der Waals surface area contributed by atoms with Crippen LogP contribution in [0.3, 0.4) is 0 Å². The fourth-order valence-corrected chi connectivity index (χ4v) is 1.74. The van der Waals surface area contributed by atoms with Gasteiger partial charge in [-0.3, -0.25) is 4.79 Å². The van der Waals surface area contributed by atoms with Gasteiger partial charge in [-0.25, -0.2) is 0 Å². The first-order valence-electron chi connectivity index (χ1n) is 6.24. The van der Waals surface area contributed by atoms with Crippen molar-refractivity contribution in [1.29, 1.82) is 0 Å². The van der Waals surface area contributed by atoms with E-state index in [9.17, 15) is 4.79 Å². The van der Waals surface area contributed by atoms with Gasteiger partial charge in [0.05, 0.1) is 0 Å². The number of nitrogens with zero attached hydrogens (tertiary/aromatic N) is 1. The summed E-state index contributed by atoms with van der Waals surface area (Å²) < 4.78 is 9.84. The molecule has 3 N–H and O–H groups in total. The van der Waals surface area contributed by atoms with Gasteiger partial charge < -0.3 is 20.3 Å². The van der Waals surface area contributed by atoms with E-state index in [1.165, 1.54) is 0 Å². The molecule has 0 saturated heterocycles. The Bertz CT molecular complexity index is 554. The molecule has 0 aliphatic rings. The summed E-state index contributed by atoms with van der Waals surface area (Å²) in [7, 11) is 1.54. The lowest BCUT2D eigenvalue weighted by Crippen LogP contribution is -2.32. The van der Waals surface area contributed by atoms with E-state index in [4.69, 9.17) is 15.0 Å². The smallest absolute Gasteiger partial charge is 0.273 e. The van der Waals surface area contributed by atoms with Gasteiger partial charge in [-0.05, 0) is 5.56 Å². The van der Waals surface area contributed by atoms with E-state index < -0.39 is 0 Å². The third kappa shape index (κ3) is 3.66. The van der Waals surface area contributed by atoms with Crippen LogP contribution in [0, 0.1) is 0 Å². The van der Waals surface area contributed by atoms with E-state index in [1.54, 1.807) is 13.2 Å². The van der Waals surface area contributed by atoms with Crippen LogP contribution in [0.5, 0.6) is 0 Å². The molecule has 1 heterocycles. The van der Waals surface area contributed by atoms with Crippen molar-refractivity contribution in [2.24, 2.45) is 5.73 Å². The predicted octanol–water partition coefficient (Wildman–Crippen LogP) is 1.25. The molecule has 0 fully saturated rings. The first-order chi connectivity index (χ1) is 9.70. The number of hydrogen-bond acceptors (Lipinski definition) is 5. The number of carbonyl (C=O) groups excluding carboxylic acids is 1. The van der Waals surface area contributed by atoms with Crippen LogP contribution in [0.2, 0.25) is 0 Å². The normalized spacial score (nSPS) is 12.1. The zero-order valence-corrected chi connectivity index (χ0v) is 11.2. The number of hydrogen-bond donors (Lipinski definition) is 2. The Morgan fingerprint density at radius 2 is 2.20 bits per heavy atom. The molecule has 0 aliphatic heterocycles. The molecular formula is C14H17N3O3. The van der Waals surface area contributed by atoms with Gasteiger partial charge in [-0.1, -0.05) is 35.5 Å². The molecule has 2 rings (SSSR count). The minimum Gasteiger partial charge on any atom is -0.377 e. The fraction of sp³-hybridized carbons (Fsp3) is 0.286. The van der Waals surface area contributed by atoms with Crippen LogP contribution < -0.4 is 11.1 Å². The van der Waals surface area contributed by atoms with Gasteiger partial charge >= 0.3 is 0 Å². The van der Waals surface area contributed by atoms with Gasteiger partial charge in [0, 0.05) is 25.8 Å². The van der Waals surface area contributed by atoms with Gasteiger partial charge in [0.25, 0.3) is 5.91 Å². The number of benzene rings is 1. The number of nitrogens with two attached hydrogens (primary N) is 1. The molecule has 0 saturated carbocycles. The Kier molecular flexibility index (Phi) is 4.86. The number of carbonyl (C=O) groups is 1. The number of nitrogens with one attached hydrogen (secondary N) is 1. The maximum atomic E-state index is 11.9. The van der Waals surface area contributed by atoms with Crippen molar-refractivity contribution in [3.63, 3.8) is 0 Å². The second-order valence-electron chi connectivity index (χ2n) is 4.34. The van der Waals surface area contributed by atoms with Crippen LogP contribution in [0.15, 0.2) is 40.9 Å². The predicted molar refractivity (Wildman–Crippen MR) is 72.9 cm³/mol. The summed E-state index contributed by atoms with van der Waals surface area (Å²) in [4.78, 5) is 11.9. The SMILES string of the molecule is COCc1cc(C(=O)NC[C@@H](N)c2ccccc2)no1. The molecule has 0 unspecified atom stereocenters. The van der Waals surface area contributed by atoms with Crippen molar-refractivity contribution in [1.82, 2.24) is 10.5 Å². The van der Waals surface area contributed by atoms with Crippen molar-refractivity contribution in [2.45, 2.75) is 12.6 Å². The molecule has 1 aromatic carbocycles. The Balaban J connectivity index is 1.88. The Hall–Kier alpha value is -2.18. The molecular weight excluding hydrogens is 258 g/mol. The molecule has 20 heavy (non-hydrogen) atoms. The van der Waals surface area contributed by atoms with Gasteiger partial charge in [0.15, 0.2) is 11.5 Å². The molecule has 1 amide bonds. The number of methoxy groups -OCH3 is 1. The summed E-state index contributed by atoms with van der Waals surface area (Å²) in [6.45, 7) is 0.610. The van der Waals surface area contributed by atoms with E-state index in [-0.39, 0.29) is 24.2 Å². The number of amides is 1. The number of ether oxygens (including phenoxy) is 1. The first-order valence-corrected chi connectivity index (χ1v) is 6.24. The van der Waals surface area contributed by atoms with E-state index in [2.05, 4.69) is 10.5 Å². The highest BCUT2D eigenvalue weighted by Crippen LogP contribution is 2.09. The minimum atomic E-state index is -0.317. The number of rotatable bonds is 6. The van der Waals surface area contributed by atoms with Crippen molar-refractivity contribution in [3.05, 3.63) is 53.4 Å². The monoisotopic (exact) mass is 275 g/mol. The zero-order valence-electron chi connectivity index (χ0n) is 11.2. The van der Waals surface area contributed by atoms with Crippen molar-refractivity contribution >= 4 is 5.91 Å². The van der Waals surface area contributed by atoms with E-state index in [0.717, 1.165) is 5.56 Å². The lowest BCUT2D eigenvalue weighted by Gasteiger charge is -2.12. The standard InChI is InChI=1S/C14H17N3O3/c1-19-9-11-7-13(17-20-11)14(18)16-8-12(15)10-5-3-2-4-6-10/h2-7,12H,8-9,15H2,1H3,(H,16,18)/t12-/m1/s1. The molecule has 6 heteroatoms. The molecule has 6 nitrogen and oxygen atoms in total. The van der Waals surface area contributed by atoms with Crippen molar-refractivity contribution < 1.29 is 14.1 Å². The van der Waals surface area contributed by atoms with E-state index in [0.29, 0.717) is 12.3 Å². The van der Waals surface area contributed by atoms with Crippen molar-refractivity contribution in [3.8, 4) is 0 Å². The van der Waals surface area contributed by atoms with Crippen LogP contribution in [0.1, 0.15) is 27.9 Å². The third-order valence-electron chi connectivity index (χ3n) is 2.79. The van der Waals surface area contributed by atoms with Crippen LogP contribution in [0.4, 0.5) is 0 Å². The van der Waals surface area contributed by atoms with E-state index >= 15 is 0 Å². The summed E-state index contributed by atoms with van der Waals surface area (Å²) in [5.41, 5.74) is 7.18. The lowest BCUT2D eigenvalue weighted by molar-refractivity contribution is 0.0941.